The summed E-state index contributed by atoms with van der Waals surface area (Å²) in [6.45, 7) is 1.97. The fourth-order valence-corrected chi connectivity index (χ4v) is 2.16. The molecule has 0 radical (unpaired) electrons. The van der Waals surface area contributed by atoms with Gasteiger partial charge in [-0.1, -0.05) is 12.8 Å². The first-order valence-corrected chi connectivity index (χ1v) is 5.80. The molecule has 0 unspecified atom stereocenters. The molecule has 0 aromatic carbocycles. The van der Waals surface area contributed by atoms with Crippen LogP contribution in [0.4, 0.5) is 0 Å². The highest BCUT2D eigenvalue weighted by atomic mass is 16.5. The monoisotopic (exact) mass is 183 g/mol. The number of nitrogens with one attached hydrogen (secondary N) is 1. The Balaban J connectivity index is 1.43. The second-order valence-corrected chi connectivity index (χ2v) is 4.36. The van der Waals surface area contributed by atoms with E-state index in [1.165, 1.54) is 44.9 Å². The number of ether oxygens (including phenoxy) is 1. The summed E-state index contributed by atoms with van der Waals surface area (Å²) in [6, 6.07) is 0.796. The maximum absolute atomic E-state index is 5.68. The topological polar surface area (TPSA) is 21.3 Å². The van der Waals surface area contributed by atoms with Gasteiger partial charge in [0.15, 0.2) is 0 Å². The molecule has 0 spiro atoms. The third kappa shape index (κ3) is 2.96. The second kappa shape index (κ2) is 4.97. The van der Waals surface area contributed by atoms with Crippen molar-refractivity contribution in [2.75, 3.05) is 13.2 Å². The third-order valence-corrected chi connectivity index (χ3v) is 3.30. The molecule has 0 atom stereocenters. The van der Waals surface area contributed by atoms with Gasteiger partial charge < -0.3 is 10.1 Å². The number of hydrogen-bond donors (Lipinski definition) is 1. The van der Waals surface area contributed by atoms with Crippen molar-refractivity contribution < 1.29 is 4.74 Å². The van der Waals surface area contributed by atoms with Gasteiger partial charge in [-0.15, -0.1) is 0 Å². The molecular formula is C11H21NO. The van der Waals surface area contributed by atoms with Gasteiger partial charge in [-0.25, -0.2) is 0 Å². The molecule has 76 valence electrons. The highest BCUT2D eigenvalue weighted by molar-refractivity contribution is 4.74. The quantitative estimate of drug-likeness (QED) is 0.659. The summed E-state index contributed by atoms with van der Waals surface area (Å²) in [5.74, 6) is 0. The van der Waals surface area contributed by atoms with Gasteiger partial charge in [-0.2, -0.15) is 0 Å². The SMILES string of the molecule is C1CCC(NCCOC2CCC2)C1. The van der Waals surface area contributed by atoms with Crippen LogP contribution in [-0.2, 0) is 4.74 Å². The summed E-state index contributed by atoms with van der Waals surface area (Å²) >= 11 is 0. The van der Waals surface area contributed by atoms with E-state index < -0.39 is 0 Å². The molecule has 2 rings (SSSR count). The zero-order chi connectivity index (χ0) is 8.93. The van der Waals surface area contributed by atoms with Gasteiger partial charge in [0.2, 0.25) is 0 Å². The summed E-state index contributed by atoms with van der Waals surface area (Å²) in [4.78, 5) is 0. The van der Waals surface area contributed by atoms with Crippen molar-refractivity contribution in [1.29, 1.82) is 0 Å². The van der Waals surface area contributed by atoms with Gasteiger partial charge in [0.1, 0.15) is 0 Å². The van der Waals surface area contributed by atoms with E-state index in [1.54, 1.807) is 0 Å². The fourth-order valence-electron chi connectivity index (χ4n) is 2.16. The Labute approximate surface area is 81.0 Å². The van der Waals surface area contributed by atoms with Crippen LogP contribution in [0.2, 0.25) is 0 Å². The fraction of sp³-hybridized carbons (Fsp3) is 1.00. The van der Waals surface area contributed by atoms with Crippen LogP contribution >= 0.6 is 0 Å². The normalized spacial score (nSPS) is 24.9. The van der Waals surface area contributed by atoms with E-state index in [4.69, 9.17) is 4.74 Å². The van der Waals surface area contributed by atoms with Crippen LogP contribution < -0.4 is 5.32 Å². The Hall–Kier alpha value is -0.0800. The lowest BCUT2D eigenvalue weighted by molar-refractivity contribution is 0.00356. The van der Waals surface area contributed by atoms with Crippen molar-refractivity contribution in [2.45, 2.75) is 57.1 Å². The zero-order valence-corrected chi connectivity index (χ0v) is 8.43. The van der Waals surface area contributed by atoms with Crippen molar-refractivity contribution in [2.24, 2.45) is 0 Å². The van der Waals surface area contributed by atoms with E-state index in [0.717, 1.165) is 19.2 Å². The van der Waals surface area contributed by atoms with Crippen molar-refractivity contribution >= 4 is 0 Å². The van der Waals surface area contributed by atoms with Crippen LogP contribution in [0, 0.1) is 0 Å². The Kier molecular flexibility index (Phi) is 3.62. The average molecular weight is 183 g/mol. The van der Waals surface area contributed by atoms with Crippen LogP contribution in [0.15, 0.2) is 0 Å². The van der Waals surface area contributed by atoms with Gasteiger partial charge in [-0.05, 0) is 32.1 Å². The predicted molar refractivity (Wildman–Crippen MR) is 53.8 cm³/mol. The lowest BCUT2D eigenvalue weighted by Crippen LogP contribution is -2.32. The molecule has 0 aromatic heterocycles. The summed E-state index contributed by atoms with van der Waals surface area (Å²) < 4.78 is 5.68. The molecule has 2 saturated carbocycles. The molecule has 0 aliphatic heterocycles. The van der Waals surface area contributed by atoms with E-state index >= 15 is 0 Å². The first-order valence-electron chi connectivity index (χ1n) is 5.80. The average Bonchev–Trinajstić information content (AvgIpc) is 2.53. The second-order valence-electron chi connectivity index (χ2n) is 4.36. The Bertz CT molecular complexity index is 139. The van der Waals surface area contributed by atoms with Crippen molar-refractivity contribution in [3.05, 3.63) is 0 Å². The first kappa shape index (κ1) is 9.47. The Morgan fingerprint density at radius 2 is 1.77 bits per heavy atom. The highest BCUT2D eigenvalue weighted by Crippen LogP contribution is 2.21. The maximum atomic E-state index is 5.68. The molecule has 13 heavy (non-hydrogen) atoms. The van der Waals surface area contributed by atoms with Crippen LogP contribution in [-0.4, -0.2) is 25.3 Å². The predicted octanol–water partition coefficient (Wildman–Crippen LogP) is 2.09. The third-order valence-electron chi connectivity index (χ3n) is 3.30. The van der Waals surface area contributed by atoms with Crippen molar-refractivity contribution in [3.63, 3.8) is 0 Å². The standard InChI is InChI=1S/C11H21NO/c1-2-5-10(4-1)12-8-9-13-11-6-3-7-11/h10-12H,1-9H2. The van der Waals surface area contributed by atoms with E-state index in [1.807, 2.05) is 0 Å². The van der Waals surface area contributed by atoms with Gasteiger partial charge >= 0.3 is 0 Å². The molecule has 0 aromatic rings. The molecular weight excluding hydrogens is 162 g/mol. The molecule has 2 heteroatoms. The summed E-state index contributed by atoms with van der Waals surface area (Å²) in [7, 11) is 0. The molecule has 1 N–H and O–H groups in total. The lowest BCUT2D eigenvalue weighted by Gasteiger charge is -2.25. The van der Waals surface area contributed by atoms with Crippen LogP contribution in [0.3, 0.4) is 0 Å². The smallest absolute Gasteiger partial charge is 0.0594 e. The molecule has 0 bridgehead atoms. The molecule has 2 aliphatic rings. The molecule has 0 saturated heterocycles. The number of hydrogen-bond acceptors (Lipinski definition) is 2. The molecule has 0 amide bonds. The minimum absolute atomic E-state index is 0.602. The summed E-state index contributed by atoms with van der Waals surface area (Å²) in [5, 5.41) is 3.56. The highest BCUT2D eigenvalue weighted by Gasteiger charge is 2.18. The van der Waals surface area contributed by atoms with Gasteiger partial charge in [0.05, 0.1) is 12.7 Å². The zero-order valence-electron chi connectivity index (χ0n) is 8.43. The van der Waals surface area contributed by atoms with E-state index in [2.05, 4.69) is 5.32 Å². The molecule has 0 heterocycles. The Morgan fingerprint density at radius 1 is 1.00 bits per heavy atom. The summed E-state index contributed by atoms with van der Waals surface area (Å²) in [6.07, 6.45) is 10.2. The first-order chi connectivity index (χ1) is 6.45. The number of rotatable bonds is 5. The lowest BCUT2D eigenvalue weighted by atomic mass is 9.96. The summed E-state index contributed by atoms with van der Waals surface area (Å²) in [5.41, 5.74) is 0. The van der Waals surface area contributed by atoms with E-state index in [-0.39, 0.29) is 0 Å². The largest absolute Gasteiger partial charge is 0.377 e. The van der Waals surface area contributed by atoms with Gasteiger partial charge in [0, 0.05) is 12.6 Å². The minimum atomic E-state index is 0.602. The van der Waals surface area contributed by atoms with Crippen LogP contribution in [0.5, 0.6) is 0 Å². The minimum Gasteiger partial charge on any atom is -0.377 e. The molecule has 2 nitrogen and oxygen atoms in total. The van der Waals surface area contributed by atoms with Gasteiger partial charge in [0.25, 0.3) is 0 Å². The Morgan fingerprint density at radius 3 is 2.38 bits per heavy atom. The van der Waals surface area contributed by atoms with Gasteiger partial charge in [-0.3, -0.25) is 0 Å². The van der Waals surface area contributed by atoms with E-state index in [0.29, 0.717) is 6.10 Å². The molecule has 2 fully saturated rings. The van der Waals surface area contributed by atoms with Crippen LogP contribution in [0.25, 0.3) is 0 Å². The van der Waals surface area contributed by atoms with Crippen molar-refractivity contribution in [1.82, 2.24) is 5.32 Å². The van der Waals surface area contributed by atoms with Crippen molar-refractivity contribution in [3.8, 4) is 0 Å². The molecule has 2 aliphatic carbocycles. The maximum Gasteiger partial charge on any atom is 0.0594 e. The van der Waals surface area contributed by atoms with Crippen LogP contribution in [0.1, 0.15) is 44.9 Å². The van der Waals surface area contributed by atoms with E-state index in [9.17, 15) is 0 Å².